The highest BCUT2D eigenvalue weighted by Gasteiger charge is 2.36. The van der Waals surface area contributed by atoms with Gasteiger partial charge in [-0.05, 0) is 57.2 Å². The minimum absolute atomic E-state index is 0.0401. The van der Waals surface area contributed by atoms with Crippen LogP contribution in [0.5, 0.6) is 0 Å². The Kier molecular flexibility index (Phi) is 5.16. The number of rotatable bonds is 4. The number of aromatic nitrogens is 1. The van der Waals surface area contributed by atoms with Gasteiger partial charge in [0.2, 0.25) is 5.91 Å². The van der Waals surface area contributed by atoms with Crippen LogP contribution in [0.2, 0.25) is 0 Å². The van der Waals surface area contributed by atoms with Gasteiger partial charge in [0.05, 0.1) is 5.56 Å². The first-order valence-corrected chi connectivity index (χ1v) is 8.79. The van der Waals surface area contributed by atoms with E-state index >= 15 is 0 Å². The van der Waals surface area contributed by atoms with E-state index < -0.39 is 11.7 Å². The van der Waals surface area contributed by atoms with E-state index in [4.69, 9.17) is 0 Å². The first-order chi connectivity index (χ1) is 12.2. The molecule has 0 N–H and O–H groups in total. The summed E-state index contributed by atoms with van der Waals surface area (Å²) in [4.78, 5) is 22.1. The molecule has 140 valence electrons. The molecule has 1 aromatic rings. The van der Waals surface area contributed by atoms with Gasteiger partial charge in [0.1, 0.15) is 0 Å². The van der Waals surface area contributed by atoms with E-state index in [2.05, 4.69) is 9.98 Å². The van der Waals surface area contributed by atoms with Gasteiger partial charge in [0.25, 0.3) is 0 Å². The van der Waals surface area contributed by atoms with Crippen LogP contribution in [0.3, 0.4) is 0 Å². The minimum atomic E-state index is -4.41. The van der Waals surface area contributed by atoms with Crippen LogP contribution in [-0.2, 0) is 11.0 Å². The van der Waals surface area contributed by atoms with Crippen molar-refractivity contribution in [3.63, 3.8) is 0 Å². The molecule has 2 aliphatic rings. The monoisotopic (exact) mass is 365 g/mol. The molecule has 3 rings (SSSR count). The van der Waals surface area contributed by atoms with Gasteiger partial charge in [0, 0.05) is 30.9 Å². The van der Waals surface area contributed by atoms with Gasteiger partial charge < -0.3 is 4.90 Å². The van der Waals surface area contributed by atoms with Crippen molar-refractivity contribution in [2.24, 2.45) is 16.8 Å². The Hall–Kier alpha value is -2.18. The summed E-state index contributed by atoms with van der Waals surface area (Å²) in [5.41, 5.74) is 0.926. The molecule has 1 saturated carbocycles. The quantitative estimate of drug-likeness (QED) is 0.743. The Morgan fingerprint density at radius 1 is 1.27 bits per heavy atom. The summed E-state index contributed by atoms with van der Waals surface area (Å²) < 4.78 is 38.3. The van der Waals surface area contributed by atoms with Crippen molar-refractivity contribution >= 4 is 17.4 Å². The molecule has 1 amide bonds. The number of halogens is 3. The summed E-state index contributed by atoms with van der Waals surface area (Å²) in [6.07, 6.45) is 1.50. The number of allylic oxidation sites excluding steroid dienone is 1. The third-order valence-electron chi connectivity index (χ3n) is 4.87. The fourth-order valence-electron chi connectivity index (χ4n) is 3.24. The van der Waals surface area contributed by atoms with Gasteiger partial charge >= 0.3 is 6.18 Å². The van der Waals surface area contributed by atoms with Crippen LogP contribution in [0.1, 0.15) is 38.7 Å². The van der Waals surface area contributed by atoms with Crippen LogP contribution in [-0.4, -0.2) is 34.6 Å². The Balaban J connectivity index is 1.67. The average Bonchev–Trinajstić information content (AvgIpc) is 3.29. The molecule has 2 heterocycles. The molecule has 2 fully saturated rings. The Morgan fingerprint density at radius 3 is 2.65 bits per heavy atom. The molecule has 1 aliphatic heterocycles. The SMILES string of the molecule is CC(/C=C(\C)C1CCN(C(=O)C2CC2)C1)=Nc1cc(C(F)(F)F)ccn1. The predicted octanol–water partition coefficient (Wildman–Crippen LogP) is 4.40. The van der Waals surface area contributed by atoms with E-state index in [-0.39, 0.29) is 23.6 Å². The summed E-state index contributed by atoms with van der Waals surface area (Å²) in [6.45, 7) is 5.21. The fourth-order valence-corrected chi connectivity index (χ4v) is 3.24. The van der Waals surface area contributed by atoms with E-state index in [1.807, 2.05) is 17.9 Å². The molecule has 1 aromatic heterocycles. The molecule has 1 unspecified atom stereocenters. The lowest BCUT2D eigenvalue weighted by Gasteiger charge is -2.16. The predicted molar refractivity (Wildman–Crippen MR) is 93.2 cm³/mol. The smallest absolute Gasteiger partial charge is 0.342 e. The van der Waals surface area contributed by atoms with Gasteiger partial charge in [-0.1, -0.05) is 5.57 Å². The molecule has 1 saturated heterocycles. The van der Waals surface area contributed by atoms with E-state index in [0.29, 0.717) is 12.3 Å². The first kappa shape index (κ1) is 18.6. The number of nitrogens with zero attached hydrogens (tertiary/aromatic N) is 3. The van der Waals surface area contributed by atoms with Crippen LogP contribution in [0.25, 0.3) is 0 Å². The zero-order chi connectivity index (χ0) is 18.9. The average molecular weight is 365 g/mol. The summed E-state index contributed by atoms with van der Waals surface area (Å²) >= 11 is 0. The van der Waals surface area contributed by atoms with E-state index in [0.717, 1.165) is 49.7 Å². The van der Waals surface area contributed by atoms with Crippen molar-refractivity contribution in [2.45, 2.75) is 39.3 Å². The standard InChI is InChI=1S/C19H22F3N3O/c1-12(15-6-8-25(11-15)18(26)14-3-4-14)9-13(2)24-17-10-16(5-7-23-17)19(20,21)22/h5,7,9-10,14-15H,3-4,6,8,11H2,1-2H3/b12-9+,24-13?. The second-order valence-corrected chi connectivity index (χ2v) is 7.09. The van der Waals surface area contributed by atoms with Gasteiger partial charge in [-0.3, -0.25) is 4.79 Å². The van der Waals surface area contributed by atoms with Gasteiger partial charge in [0.15, 0.2) is 5.82 Å². The van der Waals surface area contributed by atoms with Crippen LogP contribution in [0.4, 0.5) is 19.0 Å². The highest BCUT2D eigenvalue weighted by Crippen LogP contribution is 2.34. The zero-order valence-corrected chi connectivity index (χ0v) is 14.9. The van der Waals surface area contributed by atoms with Crippen molar-refractivity contribution in [3.8, 4) is 0 Å². The summed E-state index contributed by atoms with van der Waals surface area (Å²) in [7, 11) is 0. The summed E-state index contributed by atoms with van der Waals surface area (Å²) in [6, 6.07) is 1.87. The minimum Gasteiger partial charge on any atom is -0.342 e. The molecule has 1 atom stereocenters. The Morgan fingerprint density at radius 2 is 2.00 bits per heavy atom. The van der Waals surface area contributed by atoms with Crippen LogP contribution < -0.4 is 0 Å². The number of carbonyl (C=O) groups is 1. The lowest BCUT2D eigenvalue weighted by atomic mass is 9.98. The fraction of sp³-hybridized carbons (Fsp3) is 0.526. The highest BCUT2D eigenvalue weighted by molar-refractivity contribution is 5.95. The normalized spacial score (nSPS) is 22.0. The maximum atomic E-state index is 12.8. The van der Waals surface area contributed by atoms with Crippen molar-refractivity contribution in [1.82, 2.24) is 9.88 Å². The molecule has 0 spiro atoms. The van der Waals surface area contributed by atoms with Crippen molar-refractivity contribution in [3.05, 3.63) is 35.5 Å². The van der Waals surface area contributed by atoms with Crippen molar-refractivity contribution < 1.29 is 18.0 Å². The summed E-state index contributed by atoms with van der Waals surface area (Å²) in [5, 5.41) is 0. The Bertz CT molecular complexity index is 751. The largest absolute Gasteiger partial charge is 0.416 e. The van der Waals surface area contributed by atoms with Gasteiger partial charge in [-0.2, -0.15) is 13.2 Å². The molecular formula is C19H22F3N3O. The number of likely N-dealkylation sites (tertiary alicyclic amines) is 1. The maximum absolute atomic E-state index is 12.8. The molecular weight excluding hydrogens is 343 g/mol. The number of carbonyl (C=O) groups excluding carboxylic acids is 1. The third kappa shape index (κ3) is 4.51. The van der Waals surface area contributed by atoms with Crippen LogP contribution in [0.15, 0.2) is 35.0 Å². The molecule has 0 radical (unpaired) electrons. The number of hydrogen-bond donors (Lipinski definition) is 0. The molecule has 0 bridgehead atoms. The Labute approximate surface area is 150 Å². The second-order valence-electron chi connectivity index (χ2n) is 7.09. The lowest BCUT2D eigenvalue weighted by molar-refractivity contribution is -0.137. The van der Waals surface area contributed by atoms with E-state index in [9.17, 15) is 18.0 Å². The number of hydrogen-bond acceptors (Lipinski definition) is 3. The zero-order valence-electron chi connectivity index (χ0n) is 14.9. The van der Waals surface area contributed by atoms with Gasteiger partial charge in [-0.15, -0.1) is 0 Å². The van der Waals surface area contributed by atoms with Gasteiger partial charge in [-0.25, -0.2) is 9.98 Å². The number of aliphatic imine (C=N–C) groups is 1. The molecule has 1 aliphatic carbocycles. The number of pyridine rings is 1. The molecule has 7 heteroatoms. The lowest BCUT2D eigenvalue weighted by Crippen LogP contribution is -2.30. The third-order valence-corrected chi connectivity index (χ3v) is 4.87. The molecule has 26 heavy (non-hydrogen) atoms. The second kappa shape index (κ2) is 7.21. The van der Waals surface area contributed by atoms with Crippen LogP contribution >= 0.6 is 0 Å². The number of amides is 1. The topological polar surface area (TPSA) is 45.6 Å². The first-order valence-electron chi connectivity index (χ1n) is 8.79. The van der Waals surface area contributed by atoms with Crippen molar-refractivity contribution in [1.29, 1.82) is 0 Å². The number of alkyl halides is 3. The van der Waals surface area contributed by atoms with E-state index in [1.165, 1.54) is 0 Å². The molecule has 4 nitrogen and oxygen atoms in total. The highest BCUT2D eigenvalue weighted by atomic mass is 19.4. The summed E-state index contributed by atoms with van der Waals surface area (Å²) in [5.74, 6) is 0.808. The van der Waals surface area contributed by atoms with Crippen LogP contribution in [0, 0.1) is 11.8 Å². The van der Waals surface area contributed by atoms with E-state index in [1.54, 1.807) is 6.92 Å². The van der Waals surface area contributed by atoms with Crippen molar-refractivity contribution in [2.75, 3.05) is 13.1 Å². The maximum Gasteiger partial charge on any atom is 0.416 e. The molecule has 0 aromatic carbocycles.